The van der Waals surface area contributed by atoms with Gasteiger partial charge in [0.25, 0.3) is 0 Å². The quantitative estimate of drug-likeness (QED) is 0.836. The zero-order valence-corrected chi connectivity index (χ0v) is 11.0. The highest BCUT2D eigenvalue weighted by Gasteiger charge is 2.19. The number of hydrogen-bond donors (Lipinski definition) is 1. The Balaban J connectivity index is 2.28. The maximum atomic E-state index is 12.0. The van der Waals surface area contributed by atoms with Crippen LogP contribution in [0.5, 0.6) is 0 Å². The first kappa shape index (κ1) is 12.8. The zero-order valence-electron chi connectivity index (χ0n) is 10.3. The number of nitrogens with one attached hydrogen (secondary N) is 1. The number of carbonyl (C=O) groups is 1. The molecule has 0 fully saturated rings. The minimum Gasteiger partial charge on any atom is -0.290 e. The van der Waals surface area contributed by atoms with E-state index in [1.165, 1.54) is 6.33 Å². The SMILES string of the molecule is CCc1nn(CC)c(CC(=O)c2ncn[nH]2)c1Cl. The lowest BCUT2D eigenvalue weighted by Gasteiger charge is -2.03. The van der Waals surface area contributed by atoms with Crippen molar-refractivity contribution in [2.45, 2.75) is 33.2 Å². The maximum absolute atomic E-state index is 12.0. The van der Waals surface area contributed by atoms with Crippen LogP contribution in [-0.2, 0) is 19.4 Å². The molecular formula is C11H14ClN5O. The van der Waals surface area contributed by atoms with Crippen LogP contribution in [0.15, 0.2) is 6.33 Å². The van der Waals surface area contributed by atoms with Crippen LogP contribution in [0.3, 0.4) is 0 Å². The van der Waals surface area contributed by atoms with E-state index in [1.54, 1.807) is 4.68 Å². The fourth-order valence-electron chi connectivity index (χ4n) is 1.76. The van der Waals surface area contributed by atoms with Crippen LogP contribution in [0.4, 0.5) is 0 Å². The molecule has 0 bridgehead atoms. The molecule has 2 rings (SSSR count). The average molecular weight is 268 g/mol. The molecule has 7 heteroatoms. The Labute approximate surface area is 109 Å². The third kappa shape index (κ3) is 2.28. The molecule has 0 aliphatic heterocycles. The molecular weight excluding hydrogens is 254 g/mol. The number of H-pyrrole nitrogens is 1. The number of nitrogens with zero attached hydrogens (tertiary/aromatic N) is 4. The lowest BCUT2D eigenvalue weighted by Crippen LogP contribution is -2.11. The van der Waals surface area contributed by atoms with E-state index >= 15 is 0 Å². The number of halogens is 1. The molecule has 6 nitrogen and oxygen atoms in total. The number of ketones is 1. The summed E-state index contributed by atoms with van der Waals surface area (Å²) in [7, 11) is 0. The van der Waals surface area contributed by atoms with Gasteiger partial charge in [-0.25, -0.2) is 4.98 Å². The van der Waals surface area contributed by atoms with Gasteiger partial charge in [0, 0.05) is 6.54 Å². The Hall–Kier alpha value is -1.69. The van der Waals surface area contributed by atoms with E-state index < -0.39 is 0 Å². The van der Waals surface area contributed by atoms with E-state index in [4.69, 9.17) is 11.6 Å². The zero-order chi connectivity index (χ0) is 13.1. The summed E-state index contributed by atoms with van der Waals surface area (Å²) in [5.41, 5.74) is 1.55. The maximum Gasteiger partial charge on any atom is 0.205 e. The molecule has 2 aromatic heterocycles. The first-order valence-corrected chi connectivity index (χ1v) is 6.17. The standard InChI is InChI=1S/C11H14ClN5O/c1-3-7-10(12)8(17(4-2)16-7)5-9(18)11-13-6-14-15-11/h6H,3-5H2,1-2H3,(H,13,14,15). The molecule has 0 unspecified atom stereocenters. The van der Waals surface area contributed by atoms with Crippen molar-refractivity contribution in [2.24, 2.45) is 0 Å². The highest BCUT2D eigenvalue weighted by molar-refractivity contribution is 6.32. The Morgan fingerprint density at radius 3 is 2.83 bits per heavy atom. The first-order chi connectivity index (χ1) is 8.67. The molecule has 0 aliphatic carbocycles. The highest BCUT2D eigenvalue weighted by Crippen LogP contribution is 2.22. The lowest BCUT2D eigenvalue weighted by atomic mass is 10.2. The molecule has 0 radical (unpaired) electrons. The molecule has 0 spiro atoms. The van der Waals surface area contributed by atoms with E-state index in [0.29, 0.717) is 11.6 Å². The fourth-order valence-corrected chi connectivity index (χ4v) is 2.10. The highest BCUT2D eigenvalue weighted by atomic mass is 35.5. The van der Waals surface area contributed by atoms with Crippen LogP contribution in [0.2, 0.25) is 5.02 Å². The molecule has 18 heavy (non-hydrogen) atoms. The molecule has 2 heterocycles. The molecule has 0 aliphatic rings. The fraction of sp³-hybridized carbons (Fsp3) is 0.455. The Kier molecular flexibility index (Phi) is 3.76. The van der Waals surface area contributed by atoms with Gasteiger partial charge in [-0.15, -0.1) is 0 Å². The molecule has 0 saturated heterocycles. The number of aromatic nitrogens is 5. The summed E-state index contributed by atoms with van der Waals surface area (Å²) in [6, 6.07) is 0. The van der Waals surface area contributed by atoms with E-state index in [-0.39, 0.29) is 18.0 Å². The third-order valence-corrected chi connectivity index (χ3v) is 3.14. The molecule has 0 saturated carbocycles. The summed E-state index contributed by atoms with van der Waals surface area (Å²) in [6.07, 6.45) is 2.23. The smallest absolute Gasteiger partial charge is 0.205 e. The van der Waals surface area contributed by atoms with Gasteiger partial charge in [0.05, 0.1) is 22.8 Å². The van der Waals surface area contributed by atoms with Gasteiger partial charge in [-0.3, -0.25) is 14.6 Å². The van der Waals surface area contributed by atoms with Crippen LogP contribution in [-0.4, -0.2) is 30.7 Å². The van der Waals surface area contributed by atoms with E-state index in [2.05, 4.69) is 20.3 Å². The van der Waals surface area contributed by atoms with Gasteiger partial charge in [0.15, 0.2) is 5.82 Å². The predicted octanol–water partition coefficient (Wildman–Crippen LogP) is 1.66. The van der Waals surface area contributed by atoms with E-state index in [0.717, 1.165) is 17.8 Å². The molecule has 0 amide bonds. The molecule has 0 atom stereocenters. The van der Waals surface area contributed by atoms with Gasteiger partial charge in [0.2, 0.25) is 5.78 Å². The van der Waals surface area contributed by atoms with Crippen LogP contribution in [0.1, 0.15) is 35.9 Å². The monoisotopic (exact) mass is 267 g/mol. The third-order valence-electron chi connectivity index (χ3n) is 2.70. The van der Waals surface area contributed by atoms with Gasteiger partial charge in [-0.2, -0.15) is 10.2 Å². The minimum atomic E-state index is -0.147. The number of Topliss-reactive ketones (excluding diaryl/α,β-unsaturated/α-hetero) is 1. The van der Waals surface area contributed by atoms with Crippen LogP contribution >= 0.6 is 11.6 Å². The summed E-state index contributed by atoms with van der Waals surface area (Å²) in [6.45, 7) is 4.63. The van der Waals surface area contributed by atoms with Gasteiger partial charge in [0.1, 0.15) is 6.33 Å². The molecule has 1 N–H and O–H groups in total. The van der Waals surface area contributed by atoms with Crippen molar-refractivity contribution in [1.82, 2.24) is 25.0 Å². The van der Waals surface area contributed by atoms with Crippen LogP contribution < -0.4 is 0 Å². The summed E-state index contributed by atoms with van der Waals surface area (Å²) >= 11 is 6.23. The number of carbonyl (C=O) groups excluding carboxylic acids is 1. The number of rotatable bonds is 5. The van der Waals surface area contributed by atoms with Gasteiger partial charge in [-0.1, -0.05) is 18.5 Å². The summed E-state index contributed by atoms with van der Waals surface area (Å²) < 4.78 is 1.76. The van der Waals surface area contributed by atoms with E-state index in [1.807, 2.05) is 13.8 Å². The second-order valence-corrected chi connectivity index (χ2v) is 4.19. The largest absolute Gasteiger partial charge is 0.290 e. The van der Waals surface area contributed by atoms with Crippen LogP contribution in [0.25, 0.3) is 0 Å². The summed E-state index contributed by atoms with van der Waals surface area (Å²) in [5.74, 6) is 0.0969. The van der Waals surface area contributed by atoms with Crippen molar-refractivity contribution in [3.63, 3.8) is 0 Å². The van der Waals surface area contributed by atoms with Crippen molar-refractivity contribution >= 4 is 17.4 Å². The van der Waals surface area contributed by atoms with Crippen molar-refractivity contribution < 1.29 is 4.79 Å². The van der Waals surface area contributed by atoms with Gasteiger partial charge >= 0.3 is 0 Å². The lowest BCUT2D eigenvalue weighted by molar-refractivity contribution is 0.0981. The topological polar surface area (TPSA) is 76.5 Å². The Morgan fingerprint density at radius 2 is 2.28 bits per heavy atom. The van der Waals surface area contributed by atoms with Crippen molar-refractivity contribution in [3.05, 3.63) is 28.6 Å². The second-order valence-electron chi connectivity index (χ2n) is 3.81. The van der Waals surface area contributed by atoms with Gasteiger partial charge in [-0.05, 0) is 13.3 Å². The number of aryl methyl sites for hydroxylation is 2. The summed E-state index contributed by atoms with van der Waals surface area (Å²) in [5, 5.41) is 11.2. The predicted molar refractivity (Wildman–Crippen MR) is 66.7 cm³/mol. The minimum absolute atomic E-state index is 0.147. The van der Waals surface area contributed by atoms with Crippen molar-refractivity contribution in [3.8, 4) is 0 Å². The van der Waals surface area contributed by atoms with Crippen molar-refractivity contribution in [1.29, 1.82) is 0 Å². The van der Waals surface area contributed by atoms with Crippen LogP contribution in [0, 0.1) is 0 Å². The normalized spacial score (nSPS) is 10.8. The Morgan fingerprint density at radius 1 is 1.50 bits per heavy atom. The van der Waals surface area contributed by atoms with Gasteiger partial charge < -0.3 is 0 Å². The summed E-state index contributed by atoms with van der Waals surface area (Å²) in [4.78, 5) is 15.8. The molecule has 96 valence electrons. The van der Waals surface area contributed by atoms with Crippen molar-refractivity contribution in [2.75, 3.05) is 0 Å². The second kappa shape index (κ2) is 5.30. The number of hydrogen-bond acceptors (Lipinski definition) is 4. The average Bonchev–Trinajstić information content (AvgIpc) is 2.99. The van der Waals surface area contributed by atoms with E-state index in [9.17, 15) is 4.79 Å². The first-order valence-electron chi connectivity index (χ1n) is 5.80. The molecule has 0 aromatic carbocycles. The number of aromatic amines is 1. The Bertz CT molecular complexity index is 546. The molecule has 2 aromatic rings.